The topological polar surface area (TPSA) is 9.23 Å². The Labute approximate surface area is 191 Å². The van der Waals surface area contributed by atoms with Crippen molar-refractivity contribution in [3.8, 4) is 0 Å². The third-order valence-electron chi connectivity index (χ3n) is 7.60. The van der Waals surface area contributed by atoms with Crippen LogP contribution in [0, 0.1) is 5.92 Å². The van der Waals surface area contributed by atoms with Crippen LogP contribution in [0.15, 0.2) is 0 Å². The standard InChI is InChI=1S/C18H38B9OSi/c1-15(2)14-28-12-8-10-16-17(11-9-13-29(6,7)18(3,4)5)24(16)27(25(20)21)26(22)23-19/h15-17H,8-14H2,1-7H3. The van der Waals surface area contributed by atoms with Crippen LogP contribution < -0.4 is 0 Å². The number of hydrogen-bond donors (Lipinski definition) is 0. The quantitative estimate of drug-likeness (QED) is 0.324. The van der Waals surface area contributed by atoms with E-state index in [2.05, 4.69) is 47.7 Å². The first-order chi connectivity index (χ1) is 13.3. The maximum absolute atomic E-state index is 6.29. The van der Waals surface area contributed by atoms with E-state index in [0.717, 1.165) is 19.6 Å². The first-order valence-electron chi connectivity index (χ1n) is 11.7. The van der Waals surface area contributed by atoms with E-state index in [0.29, 0.717) is 29.2 Å². The van der Waals surface area contributed by atoms with Crippen molar-refractivity contribution in [2.75, 3.05) is 13.2 Å². The molecule has 0 N–H and O–H groups in total. The Bertz CT molecular complexity index is 473. The van der Waals surface area contributed by atoms with E-state index in [4.69, 9.17) is 35.7 Å². The third-order valence-corrected chi connectivity index (χ3v) is 13.3. The molecule has 1 saturated heterocycles. The molecule has 0 aromatic heterocycles. The van der Waals surface area contributed by atoms with E-state index in [1.807, 2.05) is 0 Å². The van der Waals surface area contributed by atoms with Gasteiger partial charge in [0, 0.05) is 70.4 Å². The highest BCUT2D eigenvalue weighted by atomic mass is 28.3. The minimum absolute atomic E-state index is 0.0689. The molecule has 0 saturated carbocycles. The molecule has 0 aromatic rings. The van der Waals surface area contributed by atoms with Crippen molar-refractivity contribution in [1.29, 1.82) is 0 Å². The second kappa shape index (κ2) is 12.1. The van der Waals surface area contributed by atoms with Crippen molar-refractivity contribution in [3.05, 3.63) is 0 Å². The van der Waals surface area contributed by atoms with Crippen LogP contribution in [0.25, 0.3) is 0 Å². The fourth-order valence-electron chi connectivity index (χ4n) is 4.65. The number of ether oxygens (including phenoxy) is 1. The van der Waals surface area contributed by atoms with Crippen LogP contribution >= 0.6 is 0 Å². The van der Waals surface area contributed by atoms with Crippen molar-refractivity contribution in [2.45, 2.75) is 96.1 Å². The largest absolute Gasteiger partial charge is 0.381 e. The zero-order chi connectivity index (χ0) is 22.4. The summed E-state index contributed by atoms with van der Waals surface area (Å²) in [6.45, 7) is 18.8. The Morgan fingerprint density at radius 3 is 2.07 bits per heavy atom. The zero-order valence-corrected chi connectivity index (χ0v) is 21.3. The monoisotopic (exact) mass is 397 g/mol. The van der Waals surface area contributed by atoms with E-state index in [9.17, 15) is 0 Å². The van der Waals surface area contributed by atoms with Gasteiger partial charge in [-0.25, -0.2) is 0 Å². The van der Waals surface area contributed by atoms with Gasteiger partial charge in [0.05, 0.1) is 14.7 Å². The van der Waals surface area contributed by atoms with Crippen molar-refractivity contribution in [2.24, 2.45) is 5.92 Å². The molecule has 1 aliphatic heterocycles. The van der Waals surface area contributed by atoms with Crippen LogP contribution in [0.5, 0.6) is 0 Å². The summed E-state index contributed by atoms with van der Waals surface area (Å²) in [5, 5.41) is 0.447. The molecule has 29 heavy (non-hydrogen) atoms. The van der Waals surface area contributed by atoms with Gasteiger partial charge in [0.1, 0.15) is 0 Å². The first kappa shape index (κ1) is 27.8. The molecule has 0 spiro atoms. The Balaban J connectivity index is 2.66. The average Bonchev–Trinajstić information content (AvgIpc) is 3.24. The van der Waals surface area contributed by atoms with Gasteiger partial charge < -0.3 is 4.74 Å². The van der Waals surface area contributed by atoms with Crippen LogP contribution in [0.1, 0.15) is 60.3 Å². The van der Waals surface area contributed by atoms with Gasteiger partial charge in [0.15, 0.2) is 0 Å². The molecule has 0 aromatic carbocycles. The normalized spacial score (nSPS) is 19.4. The molecule has 2 unspecified atom stereocenters. The Kier molecular flexibility index (Phi) is 11.6. The SMILES string of the molecule is [B][B]B([B])B(B([B])[B])B1C(CCCOCC(C)C)C1CCC[Si](C)(C)C(C)(C)C. The molecule has 147 valence electrons. The fourth-order valence-corrected chi connectivity index (χ4v) is 6.49. The maximum Gasteiger partial charge on any atom is 0.0969 e. The maximum atomic E-state index is 6.29. The van der Waals surface area contributed by atoms with Crippen LogP contribution in [-0.4, -0.2) is 85.1 Å². The highest BCUT2D eigenvalue weighted by molar-refractivity contribution is 7.96. The molecule has 11 heteroatoms. The van der Waals surface area contributed by atoms with Crippen LogP contribution in [-0.2, 0) is 4.74 Å². The molecule has 1 heterocycles. The second-order valence-electron chi connectivity index (χ2n) is 11.5. The fraction of sp³-hybridized carbons (Fsp3) is 1.00. The van der Waals surface area contributed by atoms with Crippen LogP contribution in [0.4, 0.5) is 0 Å². The highest BCUT2D eigenvalue weighted by Crippen LogP contribution is 2.57. The molecule has 1 fully saturated rings. The average molecular weight is 396 g/mol. The molecular formula is C18H38B9OSi. The van der Waals surface area contributed by atoms with Crippen LogP contribution in [0.2, 0.25) is 35.8 Å². The Morgan fingerprint density at radius 2 is 1.62 bits per heavy atom. The van der Waals surface area contributed by atoms with Gasteiger partial charge in [0.2, 0.25) is 0 Å². The van der Waals surface area contributed by atoms with E-state index < -0.39 is 14.5 Å². The highest BCUT2D eigenvalue weighted by Gasteiger charge is 2.56. The van der Waals surface area contributed by atoms with Gasteiger partial charge in [-0.05, 0) is 17.4 Å². The van der Waals surface area contributed by atoms with Gasteiger partial charge in [-0.1, -0.05) is 84.7 Å². The molecule has 1 rings (SSSR count). The van der Waals surface area contributed by atoms with Gasteiger partial charge in [-0.2, -0.15) is 0 Å². The molecule has 1 nitrogen and oxygen atoms in total. The summed E-state index contributed by atoms with van der Waals surface area (Å²) in [6.07, 6.45) is 4.25. The Hall–Kier alpha value is 0.761. The smallest absolute Gasteiger partial charge is 0.0969 e. The predicted molar refractivity (Wildman–Crippen MR) is 145 cm³/mol. The predicted octanol–water partition coefficient (Wildman–Crippen LogP) is 2.98. The molecular weight excluding hydrogens is 358 g/mol. The van der Waals surface area contributed by atoms with Crippen molar-refractivity contribution in [1.82, 2.24) is 0 Å². The van der Waals surface area contributed by atoms with Crippen molar-refractivity contribution >= 4 is 71.8 Å². The van der Waals surface area contributed by atoms with Gasteiger partial charge in [-0.15, -0.1) is 0 Å². The van der Waals surface area contributed by atoms with Gasteiger partial charge >= 0.3 is 0 Å². The van der Waals surface area contributed by atoms with Gasteiger partial charge in [-0.3, -0.25) is 0 Å². The van der Waals surface area contributed by atoms with E-state index in [1.54, 1.807) is 7.06 Å². The molecule has 0 amide bonds. The Morgan fingerprint density at radius 1 is 1.07 bits per heavy atom. The third kappa shape index (κ3) is 8.66. The van der Waals surface area contributed by atoms with Crippen molar-refractivity contribution in [3.63, 3.8) is 0 Å². The van der Waals surface area contributed by atoms with Crippen molar-refractivity contribution < 1.29 is 4.74 Å². The summed E-state index contributed by atoms with van der Waals surface area (Å²) in [7, 11) is 24.7. The van der Waals surface area contributed by atoms with Gasteiger partial charge in [0.25, 0.3) is 0 Å². The molecule has 0 aliphatic carbocycles. The van der Waals surface area contributed by atoms with Crippen LogP contribution in [0.3, 0.4) is 0 Å². The molecule has 0 bridgehead atoms. The molecule has 9 radical (unpaired) electrons. The summed E-state index contributed by atoms with van der Waals surface area (Å²) in [4.78, 5) is 0. The number of hydrogen-bond acceptors (Lipinski definition) is 1. The minimum atomic E-state index is -1.23. The molecule has 2 atom stereocenters. The summed E-state index contributed by atoms with van der Waals surface area (Å²) in [5.74, 6) is 1.92. The van der Waals surface area contributed by atoms with E-state index in [-0.39, 0.29) is 12.8 Å². The summed E-state index contributed by atoms with van der Waals surface area (Å²) in [5.41, 5.74) is 0. The summed E-state index contributed by atoms with van der Waals surface area (Å²) < 4.78 is 5.79. The first-order valence-corrected chi connectivity index (χ1v) is 14.9. The zero-order valence-electron chi connectivity index (χ0n) is 20.3. The lowest BCUT2D eigenvalue weighted by atomic mass is 8.61. The summed E-state index contributed by atoms with van der Waals surface area (Å²) >= 11 is 0. The summed E-state index contributed by atoms with van der Waals surface area (Å²) in [6, 6.07) is 1.37. The molecule has 1 aliphatic rings. The lowest BCUT2D eigenvalue weighted by Gasteiger charge is -2.37. The van der Waals surface area contributed by atoms with E-state index >= 15 is 0 Å². The minimum Gasteiger partial charge on any atom is -0.381 e. The number of rotatable bonds is 14. The lowest BCUT2D eigenvalue weighted by Crippen LogP contribution is -2.59. The lowest BCUT2D eigenvalue weighted by molar-refractivity contribution is 0.107. The second-order valence-corrected chi connectivity index (χ2v) is 17.2. The van der Waals surface area contributed by atoms with E-state index in [1.165, 1.54) is 25.3 Å².